The minimum absolute atomic E-state index is 0.802. The van der Waals surface area contributed by atoms with Crippen molar-refractivity contribution in [1.29, 1.82) is 0 Å². The third kappa shape index (κ3) is 1.97. The summed E-state index contributed by atoms with van der Waals surface area (Å²) in [4.78, 5) is 2.77. The highest BCUT2D eigenvalue weighted by molar-refractivity contribution is 5.56. The van der Waals surface area contributed by atoms with Gasteiger partial charge in [0.1, 0.15) is 0 Å². The number of nitrogens with one attached hydrogen (secondary N) is 1. The average Bonchev–Trinajstić information content (AvgIpc) is 2.46. The Kier molecular flexibility index (Phi) is 2.99. The first kappa shape index (κ1) is 11.8. The standard InChI is InChI=1S/C17H24N2/c1-2-9-16-13(5-1)8-4-10-19(16)17-14-6-3-7-15(17)12-18-11-14/h1-2,5,9,14-15,17-18H,3-4,6-8,10-12H2/t14-,15-/m0/s1. The maximum absolute atomic E-state index is 3.65. The third-order valence-electron chi connectivity index (χ3n) is 5.43. The van der Waals surface area contributed by atoms with Crippen LogP contribution < -0.4 is 10.2 Å². The summed E-state index contributed by atoms with van der Waals surface area (Å²) in [5.74, 6) is 1.75. The molecule has 1 aromatic carbocycles. The van der Waals surface area contributed by atoms with Crippen molar-refractivity contribution in [2.45, 2.75) is 38.1 Å². The van der Waals surface area contributed by atoms with Gasteiger partial charge >= 0.3 is 0 Å². The lowest BCUT2D eigenvalue weighted by Crippen LogP contribution is -2.58. The monoisotopic (exact) mass is 256 g/mol. The minimum Gasteiger partial charge on any atom is -0.368 e. The summed E-state index contributed by atoms with van der Waals surface area (Å²) < 4.78 is 0. The van der Waals surface area contributed by atoms with Crippen molar-refractivity contribution in [3.8, 4) is 0 Å². The zero-order chi connectivity index (χ0) is 12.7. The minimum atomic E-state index is 0.802. The van der Waals surface area contributed by atoms with E-state index in [0.717, 1.165) is 17.9 Å². The Morgan fingerprint density at radius 1 is 1.00 bits per heavy atom. The van der Waals surface area contributed by atoms with E-state index in [1.54, 1.807) is 5.56 Å². The van der Waals surface area contributed by atoms with Crippen LogP contribution in [0.25, 0.3) is 0 Å². The second kappa shape index (κ2) is 4.82. The first-order chi connectivity index (χ1) is 9.43. The predicted octanol–water partition coefficient (Wildman–Crippen LogP) is 2.83. The van der Waals surface area contributed by atoms with Crippen LogP contribution in [0.5, 0.6) is 0 Å². The van der Waals surface area contributed by atoms with Gasteiger partial charge in [0.2, 0.25) is 0 Å². The number of para-hydroxylation sites is 1. The van der Waals surface area contributed by atoms with Crippen molar-refractivity contribution in [1.82, 2.24) is 5.32 Å². The molecule has 0 amide bonds. The summed E-state index contributed by atoms with van der Waals surface area (Å²) in [5, 5.41) is 3.65. The van der Waals surface area contributed by atoms with Crippen molar-refractivity contribution in [3.63, 3.8) is 0 Å². The average molecular weight is 256 g/mol. The van der Waals surface area contributed by atoms with Crippen LogP contribution in [0.2, 0.25) is 0 Å². The van der Waals surface area contributed by atoms with Crippen LogP contribution in [-0.4, -0.2) is 25.7 Å². The highest BCUT2D eigenvalue weighted by Crippen LogP contribution is 2.40. The van der Waals surface area contributed by atoms with E-state index >= 15 is 0 Å². The van der Waals surface area contributed by atoms with E-state index in [0.29, 0.717) is 0 Å². The largest absolute Gasteiger partial charge is 0.368 e. The number of nitrogens with zero attached hydrogens (tertiary/aromatic N) is 1. The lowest BCUT2D eigenvalue weighted by Gasteiger charge is -2.51. The van der Waals surface area contributed by atoms with Gasteiger partial charge < -0.3 is 10.2 Å². The van der Waals surface area contributed by atoms with Gasteiger partial charge in [0, 0.05) is 18.3 Å². The topological polar surface area (TPSA) is 15.3 Å². The summed E-state index contributed by atoms with van der Waals surface area (Å²) >= 11 is 0. The molecule has 2 atom stereocenters. The Labute approximate surface area is 116 Å². The Bertz CT molecular complexity index is 434. The molecule has 1 aliphatic carbocycles. The molecular formula is C17H24N2. The molecule has 2 bridgehead atoms. The molecule has 0 spiro atoms. The van der Waals surface area contributed by atoms with E-state index in [-0.39, 0.29) is 0 Å². The number of rotatable bonds is 1. The number of aryl methyl sites for hydroxylation is 1. The van der Waals surface area contributed by atoms with Crippen LogP contribution in [-0.2, 0) is 6.42 Å². The predicted molar refractivity (Wildman–Crippen MR) is 79.6 cm³/mol. The highest BCUT2D eigenvalue weighted by atomic mass is 15.2. The first-order valence-corrected chi connectivity index (χ1v) is 7.99. The number of benzene rings is 1. The molecule has 4 rings (SSSR count). The van der Waals surface area contributed by atoms with E-state index in [4.69, 9.17) is 0 Å². The molecule has 2 heteroatoms. The quantitative estimate of drug-likeness (QED) is 0.831. The van der Waals surface area contributed by atoms with E-state index in [1.807, 2.05) is 0 Å². The summed E-state index contributed by atoms with van der Waals surface area (Å²) in [5.41, 5.74) is 3.11. The summed E-state index contributed by atoms with van der Waals surface area (Å²) in [6.07, 6.45) is 6.90. The molecule has 2 nitrogen and oxygen atoms in total. The normalized spacial score (nSPS) is 33.9. The summed E-state index contributed by atoms with van der Waals surface area (Å²) in [6, 6.07) is 9.90. The fraction of sp³-hybridized carbons (Fsp3) is 0.647. The molecule has 1 saturated heterocycles. The first-order valence-electron chi connectivity index (χ1n) is 7.99. The second-order valence-corrected chi connectivity index (χ2v) is 6.53. The maximum atomic E-state index is 3.65. The van der Waals surface area contributed by atoms with Gasteiger partial charge in [0.15, 0.2) is 0 Å². The number of hydrogen-bond acceptors (Lipinski definition) is 2. The van der Waals surface area contributed by atoms with Gasteiger partial charge in [-0.2, -0.15) is 0 Å². The molecule has 1 aromatic rings. The number of piperidine rings is 1. The fourth-order valence-corrected chi connectivity index (χ4v) is 4.65. The number of fused-ring (bicyclic) bond motifs is 3. The molecule has 2 fully saturated rings. The highest BCUT2D eigenvalue weighted by Gasteiger charge is 2.40. The molecule has 2 heterocycles. The van der Waals surface area contributed by atoms with Crippen molar-refractivity contribution >= 4 is 5.69 Å². The SMILES string of the molecule is c1ccc2c(c1)CCCN2C1[C@H]2CCC[C@H]1CNC2. The van der Waals surface area contributed by atoms with Gasteiger partial charge in [-0.05, 0) is 62.2 Å². The lowest BCUT2D eigenvalue weighted by atomic mass is 9.72. The van der Waals surface area contributed by atoms with Crippen LogP contribution in [0.15, 0.2) is 24.3 Å². The van der Waals surface area contributed by atoms with E-state index in [9.17, 15) is 0 Å². The van der Waals surface area contributed by atoms with Crippen LogP contribution in [0, 0.1) is 11.8 Å². The molecule has 2 aliphatic heterocycles. The molecule has 3 aliphatic rings. The van der Waals surface area contributed by atoms with Crippen molar-refractivity contribution in [3.05, 3.63) is 29.8 Å². The number of hydrogen-bond donors (Lipinski definition) is 1. The molecule has 1 saturated carbocycles. The molecule has 0 radical (unpaired) electrons. The zero-order valence-corrected chi connectivity index (χ0v) is 11.6. The van der Waals surface area contributed by atoms with Crippen molar-refractivity contribution in [2.24, 2.45) is 11.8 Å². The Morgan fingerprint density at radius 3 is 2.63 bits per heavy atom. The molecule has 1 N–H and O–H groups in total. The third-order valence-corrected chi connectivity index (χ3v) is 5.43. The van der Waals surface area contributed by atoms with E-state index in [1.165, 1.54) is 57.4 Å². The number of anilines is 1. The van der Waals surface area contributed by atoms with Crippen LogP contribution in [0.3, 0.4) is 0 Å². The van der Waals surface area contributed by atoms with Gasteiger partial charge in [0.05, 0.1) is 0 Å². The van der Waals surface area contributed by atoms with Crippen molar-refractivity contribution < 1.29 is 0 Å². The summed E-state index contributed by atoms with van der Waals surface area (Å²) in [6.45, 7) is 3.74. The molecule has 102 valence electrons. The second-order valence-electron chi connectivity index (χ2n) is 6.53. The molecule has 0 aromatic heterocycles. The van der Waals surface area contributed by atoms with Crippen LogP contribution >= 0.6 is 0 Å². The fourth-order valence-electron chi connectivity index (χ4n) is 4.65. The van der Waals surface area contributed by atoms with Gasteiger partial charge in [0.25, 0.3) is 0 Å². The van der Waals surface area contributed by atoms with Crippen LogP contribution in [0.4, 0.5) is 5.69 Å². The lowest BCUT2D eigenvalue weighted by molar-refractivity contribution is 0.159. The summed E-state index contributed by atoms with van der Waals surface area (Å²) in [7, 11) is 0. The van der Waals surface area contributed by atoms with E-state index in [2.05, 4.69) is 34.5 Å². The molecular weight excluding hydrogens is 232 g/mol. The Hall–Kier alpha value is -1.02. The van der Waals surface area contributed by atoms with Gasteiger partial charge in [-0.1, -0.05) is 24.6 Å². The van der Waals surface area contributed by atoms with Gasteiger partial charge in [-0.15, -0.1) is 0 Å². The Balaban J connectivity index is 1.69. The Morgan fingerprint density at radius 2 is 1.79 bits per heavy atom. The van der Waals surface area contributed by atoms with Gasteiger partial charge in [-0.25, -0.2) is 0 Å². The van der Waals surface area contributed by atoms with E-state index < -0.39 is 0 Å². The van der Waals surface area contributed by atoms with Gasteiger partial charge in [-0.3, -0.25) is 0 Å². The van der Waals surface area contributed by atoms with Crippen LogP contribution in [0.1, 0.15) is 31.2 Å². The zero-order valence-electron chi connectivity index (χ0n) is 11.6. The smallest absolute Gasteiger partial charge is 0.0401 e. The van der Waals surface area contributed by atoms with Crippen molar-refractivity contribution in [2.75, 3.05) is 24.5 Å². The molecule has 0 unspecified atom stereocenters. The maximum Gasteiger partial charge on any atom is 0.0401 e. The molecule has 19 heavy (non-hydrogen) atoms.